The number of nitrogens with zero attached hydrogens (tertiary/aromatic N) is 4. The summed E-state index contributed by atoms with van der Waals surface area (Å²) in [6.07, 6.45) is 6.14. The van der Waals surface area contributed by atoms with E-state index in [1.807, 2.05) is 66.9 Å². The second kappa shape index (κ2) is 15.4. The van der Waals surface area contributed by atoms with Crippen LogP contribution in [0.1, 0.15) is 54.7 Å². The molecule has 1 aliphatic rings. The van der Waals surface area contributed by atoms with E-state index in [9.17, 15) is 14.4 Å². The van der Waals surface area contributed by atoms with Gasteiger partial charge in [-0.2, -0.15) is 5.10 Å². The Kier molecular flexibility index (Phi) is 10.6. The molecule has 0 spiro atoms. The number of carbonyl (C=O) groups is 2. The molecule has 1 aliphatic heterocycles. The number of allylic oxidation sites excluding steroid dienone is 1. The molecule has 0 N–H and O–H groups in total. The molecule has 2 aromatic heterocycles. The molecule has 6 rings (SSSR count). The van der Waals surface area contributed by atoms with E-state index in [4.69, 9.17) is 24.3 Å². The Morgan fingerprint density at radius 1 is 1.00 bits per heavy atom. The zero-order chi connectivity index (χ0) is 36.1. The molecular weight excluding hydrogens is 665 g/mol. The van der Waals surface area contributed by atoms with E-state index in [2.05, 4.69) is 20.4 Å². The number of benzene rings is 3. The lowest BCUT2D eigenvalue weighted by Gasteiger charge is -2.24. The van der Waals surface area contributed by atoms with Crippen LogP contribution in [0.15, 0.2) is 119 Å². The van der Waals surface area contributed by atoms with E-state index in [0.29, 0.717) is 44.4 Å². The molecule has 1 atom stereocenters. The molecule has 0 fully saturated rings. The first-order valence-electron chi connectivity index (χ1n) is 16.6. The van der Waals surface area contributed by atoms with Crippen molar-refractivity contribution in [2.24, 2.45) is 10.9 Å². The SMILES string of the molecule is C=CCOC(=O)C1=C(C)N=c2sc(=Cc3cn(-c4ccccc4)nc3-c3ccc(OCCC(C)C)cc3)c(=O)n2C1c1ccc(C(=O)OC)cc1. The quantitative estimate of drug-likeness (QED) is 0.115. The Hall–Kier alpha value is -5.81. The van der Waals surface area contributed by atoms with Crippen LogP contribution < -0.4 is 19.6 Å². The monoisotopic (exact) mass is 702 g/mol. The van der Waals surface area contributed by atoms with Gasteiger partial charge in [0.15, 0.2) is 4.80 Å². The Morgan fingerprint density at radius 2 is 1.73 bits per heavy atom. The maximum atomic E-state index is 14.4. The average molecular weight is 703 g/mol. The van der Waals surface area contributed by atoms with E-state index in [1.165, 1.54) is 29.1 Å². The molecule has 1 unspecified atom stereocenters. The summed E-state index contributed by atoms with van der Waals surface area (Å²) in [6, 6.07) is 23.3. The van der Waals surface area contributed by atoms with Gasteiger partial charge in [0.05, 0.1) is 46.8 Å². The van der Waals surface area contributed by atoms with Crippen molar-refractivity contribution in [3.63, 3.8) is 0 Å². The topological polar surface area (TPSA) is 114 Å². The minimum absolute atomic E-state index is 0.00668. The van der Waals surface area contributed by atoms with Gasteiger partial charge in [0.25, 0.3) is 5.56 Å². The molecule has 0 saturated heterocycles. The predicted molar refractivity (Wildman–Crippen MR) is 197 cm³/mol. The second-order valence-corrected chi connectivity index (χ2v) is 13.4. The standard InChI is InChI=1S/C40H38N4O6S/c1-6-21-50-39(47)34-26(4)41-40-44(36(34)28-12-14-29(15-13-28)38(46)48-5)37(45)33(51-40)23-30-24-43(31-10-8-7-9-11-31)42-35(30)27-16-18-32(19-17-27)49-22-20-25(2)3/h6-19,23-25,36H,1,20-22H2,2-5H3. The van der Waals surface area contributed by atoms with Crippen molar-refractivity contribution in [2.45, 2.75) is 33.2 Å². The highest BCUT2D eigenvalue weighted by atomic mass is 32.1. The first-order chi connectivity index (χ1) is 24.7. The van der Waals surface area contributed by atoms with Gasteiger partial charge in [0.2, 0.25) is 0 Å². The highest BCUT2D eigenvalue weighted by molar-refractivity contribution is 7.07. The van der Waals surface area contributed by atoms with E-state index in [-0.39, 0.29) is 17.7 Å². The van der Waals surface area contributed by atoms with E-state index in [0.717, 1.165) is 29.0 Å². The third-order valence-electron chi connectivity index (χ3n) is 8.36. The van der Waals surface area contributed by atoms with Crippen LogP contribution in [0.4, 0.5) is 0 Å². The highest BCUT2D eigenvalue weighted by Gasteiger charge is 2.33. The van der Waals surface area contributed by atoms with Crippen molar-refractivity contribution in [3.05, 3.63) is 145 Å². The number of methoxy groups -OCH3 is 1. The zero-order valence-corrected chi connectivity index (χ0v) is 29.7. The minimum atomic E-state index is -0.859. The molecule has 5 aromatic rings. The molecule has 0 aliphatic carbocycles. The van der Waals surface area contributed by atoms with Crippen LogP contribution in [0, 0.1) is 5.92 Å². The molecule has 10 nitrogen and oxygen atoms in total. The highest BCUT2D eigenvalue weighted by Crippen LogP contribution is 2.31. The first kappa shape index (κ1) is 35.0. The zero-order valence-electron chi connectivity index (χ0n) is 28.9. The van der Waals surface area contributed by atoms with Crippen LogP contribution in [0.25, 0.3) is 23.0 Å². The van der Waals surface area contributed by atoms with Crippen molar-refractivity contribution >= 4 is 29.4 Å². The van der Waals surface area contributed by atoms with Crippen molar-refractivity contribution in [3.8, 4) is 22.7 Å². The van der Waals surface area contributed by atoms with Crippen LogP contribution in [-0.2, 0) is 14.3 Å². The fourth-order valence-corrected chi connectivity index (χ4v) is 6.76. The Balaban J connectivity index is 1.47. The fraction of sp³-hybridized carbons (Fsp3) is 0.225. The second-order valence-electron chi connectivity index (χ2n) is 12.4. The van der Waals surface area contributed by atoms with E-state index >= 15 is 0 Å². The lowest BCUT2D eigenvalue weighted by molar-refractivity contribution is -0.138. The molecule has 0 bridgehead atoms. The van der Waals surface area contributed by atoms with Gasteiger partial charge in [-0.3, -0.25) is 9.36 Å². The predicted octanol–water partition coefficient (Wildman–Crippen LogP) is 6.03. The third-order valence-corrected chi connectivity index (χ3v) is 9.35. The van der Waals surface area contributed by atoms with Gasteiger partial charge in [0, 0.05) is 17.3 Å². The first-order valence-corrected chi connectivity index (χ1v) is 17.4. The fourth-order valence-electron chi connectivity index (χ4n) is 5.72. The number of rotatable bonds is 12. The number of aromatic nitrogens is 3. The summed E-state index contributed by atoms with van der Waals surface area (Å²) in [5, 5.41) is 4.94. The summed E-state index contributed by atoms with van der Waals surface area (Å²) in [5.41, 5.74) is 4.35. The maximum Gasteiger partial charge on any atom is 0.338 e. The van der Waals surface area contributed by atoms with Gasteiger partial charge in [-0.15, -0.1) is 0 Å². The Bertz CT molecular complexity index is 2280. The van der Waals surface area contributed by atoms with Crippen molar-refractivity contribution in [1.29, 1.82) is 0 Å². The molecule has 0 radical (unpaired) electrons. The lowest BCUT2D eigenvalue weighted by atomic mass is 9.95. The van der Waals surface area contributed by atoms with Gasteiger partial charge in [0.1, 0.15) is 18.1 Å². The Labute approximate surface area is 299 Å². The molecule has 51 heavy (non-hydrogen) atoms. The molecule has 3 aromatic carbocycles. The third kappa shape index (κ3) is 7.53. The summed E-state index contributed by atoms with van der Waals surface area (Å²) >= 11 is 1.22. The molecule has 0 saturated carbocycles. The number of esters is 2. The van der Waals surface area contributed by atoms with Crippen LogP contribution in [0.3, 0.4) is 0 Å². The Morgan fingerprint density at radius 3 is 2.39 bits per heavy atom. The van der Waals surface area contributed by atoms with Gasteiger partial charge in [-0.05, 0) is 79.4 Å². The molecule has 0 amide bonds. The van der Waals surface area contributed by atoms with Gasteiger partial charge in [-0.1, -0.05) is 68.2 Å². The van der Waals surface area contributed by atoms with Crippen molar-refractivity contribution < 1.29 is 23.8 Å². The number of thiazole rings is 1. The number of ether oxygens (including phenoxy) is 3. The van der Waals surface area contributed by atoms with E-state index < -0.39 is 18.0 Å². The molecular formula is C40H38N4O6S. The summed E-state index contributed by atoms with van der Waals surface area (Å²) in [7, 11) is 1.31. The number of hydrogen-bond donors (Lipinski definition) is 0. The molecule has 3 heterocycles. The normalized spacial score (nSPS) is 14.2. The number of fused-ring (bicyclic) bond motifs is 1. The molecule has 11 heteroatoms. The number of para-hydroxylation sites is 1. The van der Waals surface area contributed by atoms with Crippen LogP contribution >= 0.6 is 11.3 Å². The van der Waals surface area contributed by atoms with E-state index in [1.54, 1.807) is 35.9 Å². The number of hydrogen-bond acceptors (Lipinski definition) is 9. The minimum Gasteiger partial charge on any atom is -0.494 e. The van der Waals surface area contributed by atoms with Crippen LogP contribution in [-0.4, -0.2) is 46.6 Å². The molecule has 260 valence electrons. The van der Waals surface area contributed by atoms with Crippen LogP contribution in [0.2, 0.25) is 0 Å². The van der Waals surface area contributed by atoms with Crippen molar-refractivity contribution in [2.75, 3.05) is 20.3 Å². The smallest absolute Gasteiger partial charge is 0.338 e. The summed E-state index contributed by atoms with van der Waals surface area (Å²) < 4.78 is 20.0. The summed E-state index contributed by atoms with van der Waals surface area (Å²) in [5.74, 6) is 0.205. The largest absolute Gasteiger partial charge is 0.494 e. The maximum absolute atomic E-state index is 14.4. The lowest BCUT2D eigenvalue weighted by Crippen LogP contribution is -2.40. The van der Waals surface area contributed by atoms with Gasteiger partial charge >= 0.3 is 11.9 Å². The van der Waals surface area contributed by atoms with Gasteiger partial charge < -0.3 is 14.2 Å². The number of carbonyl (C=O) groups excluding carboxylic acids is 2. The van der Waals surface area contributed by atoms with Gasteiger partial charge in [-0.25, -0.2) is 19.3 Å². The summed E-state index contributed by atoms with van der Waals surface area (Å²) in [4.78, 5) is 45.1. The van der Waals surface area contributed by atoms with Crippen molar-refractivity contribution in [1.82, 2.24) is 14.3 Å². The summed E-state index contributed by atoms with van der Waals surface area (Å²) in [6.45, 7) is 10.3. The van der Waals surface area contributed by atoms with Crippen LogP contribution in [0.5, 0.6) is 5.75 Å². The average Bonchev–Trinajstić information content (AvgIpc) is 3.70.